The monoisotopic (exact) mass is 409 g/mol. The number of benzene rings is 1. The lowest BCUT2D eigenvalue weighted by Gasteiger charge is -2.12. The summed E-state index contributed by atoms with van der Waals surface area (Å²) in [5.74, 6) is -1.21. The molecule has 0 fully saturated rings. The van der Waals surface area contributed by atoms with Crippen molar-refractivity contribution in [3.8, 4) is 0 Å². The predicted molar refractivity (Wildman–Crippen MR) is 109 cm³/mol. The Bertz CT molecular complexity index is 790. The SMILES string of the molecule is CC(C)CCC(=O)O.Cc1c(Cl)cccc1Cn1cncc1C[C@H](N)C(=O)O. The fourth-order valence-electron chi connectivity index (χ4n) is 2.39. The zero-order chi connectivity index (χ0) is 21.3. The van der Waals surface area contributed by atoms with Gasteiger partial charge >= 0.3 is 11.9 Å². The summed E-state index contributed by atoms with van der Waals surface area (Å²) in [6.45, 7) is 6.58. The van der Waals surface area contributed by atoms with Crippen molar-refractivity contribution in [3.05, 3.63) is 52.6 Å². The summed E-state index contributed by atoms with van der Waals surface area (Å²) in [4.78, 5) is 24.8. The topological polar surface area (TPSA) is 118 Å². The number of carboxylic acids is 2. The quantitative estimate of drug-likeness (QED) is 0.615. The molecule has 0 aliphatic heterocycles. The third kappa shape index (κ3) is 8.10. The van der Waals surface area contributed by atoms with Gasteiger partial charge in [-0.05, 0) is 36.5 Å². The van der Waals surface area contributed by atoms with E-state index >= 15 is 0 Å². The van der Waals surface area contributed by atoms with E-state index in [9.17, 15) is 9.59 Å². The minimum Gasteiger partial charge on any atom is -0.481 e. The van der Waals surface area contributed by atoms with Crippen molar-refractivity contribution in [3.63, 3.8) is 0 Å². The molecule has 8 heteroatoms. The minimum absolute atomic E-state index is 0.245. The van der Waals surface area contributed by atoms with Crippen LogP contribution in [0.4, 0.5) is 0 Å². The molecular weight excluding hydrogens is 382 g/mol. The summed E-state index contributed by atoms with van der Waals surface area (Å²) in [7, 11) is 0. The lowest BCUT2D eigenvalue weighted by Crippen LogP contribution is -2.33. The van der Waals surface area contributed by atoms with Crippen LogP contribution in [0, 0.1) is 12.8 Å². The highest BCUT2D eigenvalue weighted by Gasteiger charge is 2.15. The Morgan fingerprint density at radius 1 is 1.29 bits per heavy atom. The molecule has 0 amide bonds. The molecule has 2 aromatic rings. The van der Waals surface area contributed by atoms with E-state index in [2.05, 4.69) is 4.98 Å². The van der Waals surface area contributed by atoms with Crippen LogP contribution in [0.1, 0.15) is 43.5 Å². The molecule has 0 bridgehead atoms. The Kier molecular flexibility index (Phi) is 9.68. The van der Waals surface area contributed by atoms with Crippen LogP contribution >= 0.6 is 11.6 Å². The Morgan fingerprint density at radius 2 is 1.96 bits per heavy atom. The Balaban J connectivity index is 0.000000416. The minimum atomic E-state index is -1.02. The summed E-state index contributed by atoms with van der Waals surface area (Å²) in [6.07, 6.45) is 4.65. The van der Waals surface area contributed by atoms with Gasteiger partial charge in [-0.3, -0.25) is 9.59 Å². The highest BCUT2D eigenvalue weighted by Crippen LogP contribution is 2.20. The summed E-state index contributed by atoms with van der Waals surface area (Å²) in [5, 5.41) is 17.7. The Labute approximate surface area is 170 Å². The van der Waals surface area contributed by atoms with Crippen molar-refractivity contribution in [2.75, 3.05) is 0 Å². The molecule has 7 nitrogen and oxygen atoms in total. The number of nitrogens with two attached hydrogens (primary N) is 1. The van der Waals surface area contributed by atoms with Crippen LogP contribution in [-0.2, 0) is 22.6 Å². The number of halogens is 1. The highest BCUT2D eigenvalue weighted by molar-refractivity contribution is 6.31. The number of imidazole rings is 1. The van der Waals surface area contributed by atoms with Gasteiger partial charge in [0.2, 0.25) is 0 Å². The molecule has 0 spiro atoms. The molecule has 1 aromatic heterocycles. The normalized spacial score (nSPS) is 11.6. The molecule has 1 aromatic carbocycles. The summed E-state index contributed by atoms with van der Waals surface area (Å²) < 4.78 is 1.89. The van der Waals surface area contributed by atoms with Crippen LogP contribution in [-0.4, -0.2) is 37.7 Å². The highest BCUT2D eigenvalue weighted by atomic mass is 35.5. The van der Waals surface area contributed by atoms with E-state index < -0.39 is 18.0 Å². The largest absolute Gasteiger partial charge is 0.481 e. The summed E-state index contributed by atoms with van der Waals surface area (Å²) >= 11 is 6.10. The van der Waals surface area contributed by atoms with Crippen molar-refractivity contribution in [2.24, 2.45) is 11.7 Å². The molecule has 0 aliphatic rings. The molecule has 0 radical (unpaired) electrons. The van der Waals surface area contributed by atoms with Crippen molar-refractivity contribution < 1.29 is 19.8 Å². The second-order valence-corrected chi connectivity index (χ2v) is 7.42. The molecule has 0 unspecified atom stereocenters. The molecule has 2 rings (SSSR count). The Morgan fingerprint density at radius 3 is 2.50 bits per heavy atom. The van der Waals surface area contributed by atoms with E-state index in [1.165, 1.54) is 0 Å². The van der Waals surface area contributed by atoms with E-state index in [0.29, 0.717) is 23.9 Å². The van der Waals surface area contributed by atoms with Gasteiger partial charge in [-0.25, -0.2) is 4.98 Å². The number of carbonyl (C=O) groups is 2. The third-order valence-corrected chi connectivity index (χ3v) is 4.61. The summed E-state index contributed by atoms with van der Waals surface area (Å²) in [5.41, 5.74) is 8.43. The maximum Gasteiger partial charge on any atom is 0.320 e. The first kappa shape index (κ1) is 23.7. The smallest absolute Gasteiger partial charge is 0.320 e. The standard InChI is InChI=1S/C14H16ClN3O2.C6H12O2/c1-9-10(3-2-4-12(9)15)7-18-8-17-6-11(18)5-13(16)14(19)20;1-5(2)3-4-6(7)8/h2-4,6,8,13H,5,7,16H2,1H3,(H,19,20);5H,3-4H2,1-2H3,(H,7,8)/t13-;/m0./s1. The molecule has 0 saturated carbocycles. The fourth-order valence-corrected chi connectivity index (χ4v) is 2.59. The number of nitrogens with zero attached hydrogens (tertiary/aromatic N) is 2. The average molecular weight is 410 g/mol. The molecule has 0 saturated heterocycles. The number of aromatic nitrogens is 2. The number of hydrogen-bond acceptors (Lipinski definition) is 4. The Hall–Kier alpha value is -2.38. The van der Waals surface area contributed by atoms with Crippen LogP contribution in [0.15, 0.2) is 30.7 Å². The molecule has 0 aliphatic carbocycles. The first-order chi connectivity index (χ1) is 13.1. The van der Waals surface area contributed by atoms with Gasteiger partial charge in [-0.2, -0.15) is 0 Å². The lowest BCUT2D eigenvalue weighted by molar-refractivity contribution is -0.139. The van der Waals surface area contributed by atoms with Gasteiger partial charge in [0, 0.05) is 36.3 Å². The number of carboxylic acid groups (broad SMARTS) is 2. The van der Waals surface area contributed by atoms with Crippen molar-refractivity contribution in [2.45, 2.75) is 52.6 Å². The first-order valence-corrected chi connectivity index (χ1v) is 9.42. The zero-order valence-electron chi connectivity index (χ0n) is 16.4. The van der Waals surface area contributed by atoms with E-state index in [1.807, 2.05) is 43.5 Å². The van der Waals surface area contributed by atoms with Crippen molar-refractivity contribution >= 4 is 23.5 Å². The van der Waals surface area contributed by atoms with Crippen LogP contribution in [0.5, 0.6) is 0 Å². The maximum atomic E-state index is 10.8. The van der Waals surface area contributed by atoms with E-state index in [0.717, 1.165) is 23.2 Å². The molecule has 1 atom stereocenters. The van der Waals surface area contributed by atoms with E-state index in [-0.39, 0.29) is 6.42 Å². The number of hydrogen-bond donors (Lipinski definition) is 3. The van der Waals surface area contributed by atoms with E-state index in [1.54, 1.807) is 12.5 Å². The second kappa shape index (κ2) is 11.5. The lowest BCUT2D eigenvalue weighted by atomic mass is 10.1. The molecule has 4 N–H and O–H groups in total. The zero-order valence-corrected chi connectivity index (χ0v) is 17.2. The van der Waals surface area contributed by atoms with Gasteiger partial charge in [0.05, 0.1) is 6.33 Å². The predicted octanol–water partition coefficient (Wildman–Crippen LogP) is 3.35. The van der Waals surface area contributed by atoms with Crippen molar-refractivity contribution in [1.29, 1.82) is 0 Å². The van der Waals surface area contributed by atoms with Gasteiger partial charge < -0.3 is 20.5 Å². The second-order valence-electron chi connectivity index (χ2n) is 7.01. The maximum absolute atomic E-state index is 10.8. The van der Waals surface area contributed by atoms with Crippen LogP contribution in [0.25, 0.3) is 0 Å². The van der Waals surface area contributed by atoms with Gasteiger partial charge in [-0.1, -0.05) is 37.6 Å². The fraction of sp³-hybridized carbons (Fsp3) is 0.450. The third-order valence-electron chi connectivity index (χ3n) is 4.20. The summed E-state index contributed by atoms with van der Waals surface area (Å²) in [6, 6.07) is 4.80. The van der Waals surface area contributed by atoms with Crippen LogP contribution in [0.3, 0.4) is 0 Å². The van der Waals surface area contributed by atoms with Crippen LogP contribution < -0.4 is 5.73 Å². The van der Waals surface area contributed by atoms with Crippen LogP contribution in [0.2, 0.25) is 5.02 Å². The molecule has 1 heterocycles. The average Bonchev–Trinajstić information content (AvgIpc) is 3.04. The number of aliphatic carboxylic acids is 2. The van der Waals surface area contributed by atoms with Gasteiger partial charge in [0.1, 0.15) is 6.04 Å². The van der Waals surface area contributed by atoms with Gasteiger partial charge in [-0.15, -0.1) is 0 Å². The molecule has 28 heavy (non-hydrogen) atoms. The van der Waals surface area contributed by atoms with Gasteiger partial charge in [0.15, 0.2) is 0 Å². The van der Waals surface area contributed by atoms with E-state index in [4.69, 9.17) is 27.5 Å². The molecule has 154 valence electrons. The molecular formula is C20H28ClN3O4. The first-order valence-electron chi connectivity index (χ1n) is 9.05. The van der Waals surface area contributed by atoms with Crippen molar-refractivity contribution in [1.82, 2.24) is 9.55 Å². The number of rotatable bonds is 8. The van der Waals surface area contributed by atoms with Gasteiger partial charge in [0.25, 0.3) is 0 Å².